The molecule has 0 aliphatic rings. The molecule has 4 nitrogen and oxygen atoms in total. The van der Waals surface area contributed by atoms with Crippen molar-refractivity contribution in [2.24, 2.45) is 0 Å². The molecular formula is C13H12N4S2. The van der Waals surface area contributed by atoms with Gasteiger partial charge in [-0.1, -0.05) is 41.7 Å². The molecule has 0 bridgehead atoms. The van der Waals surface area contributed by atoms with Gasteiger partial charge in [0.05, 0.1) is 11.6 Å². The Morgan fingerprint density at radius 3 is 2.68 bits per heavy atom. The van der Waals surface area contributed by atoms with Gasteiger partial charge in [0.25, 0.3) is 0 Å². The Balaban J connectivity index is 1.93. The van der Waals surface area contributed by atoms with Crippen molar-refractivity contribution >= 4 is 22.7 Å². The van der Waals surface area contributed by atoms with Gasteiger partial charge in [-0.05, 0) is 12.6 Å². The molecule has 0 aliphatic heterocycles. The first-order valence-corrected chi connectivity index (χ1v) is 7.58. The molecule has 0 aliphatic carbocycles. The second kappa shape index (κ2) is 5.56. The zero-order valence-corrected chi connectivity index (χ0v) is 11.9. The SMILES string of the molecule is CNC(c1ccccc1)c1nnc(-c2cscn2)s1. The van der Waals surface area contributed by atoms with Gasteiger partial charge in [-0.2, -0.15) is 0 Å². The molecule has 0 spiro atoms. The highest BCUT2D eigenvalue weighted by Gasteiger charge is 2.18. The van der Waals surface area contributed by atoms with Gasteiger partial charge in [0.2, 0.25) is 0 Å². The van der Waals surface area contributed by atoms with E-state index in [-0.39, 0.29) is 6.04 Å². The molecule has 3 aromatic rings. The first-order valence-electron chi connectivity index (χ1n) is 5.82. The van der Waals surface area contributed by atoms with Crippen LogP contribution in [0.3, 0.4) is 0 Å². The van der Waals surface area contributed by atoms with Gasteiger partial charge in [0.1, 0.15) is 10.7 Å². The Labute approximate surface area is 119 Å². The van der Waals surface area contributed by atoms with Crippen LogP contribution >= 0.6 is 22.7 Å². The van der Waals surface area contributed by atoms with Crippen LogP contribution in [0.5, 0.6) is 0 Å². The number of thiazole rings is 1. The van der Waals surface area contributed by atoms with Crippen molar-refractivity contribution in [1.82, 2.24) is 20.5 Å². The minimum Gasteiger partial charge on any atom is -0.307 e. The molecule has 0 fully saturated rings. The summed E-state index contributed by atoms with van der Waals surface area (Å²) in [6.45, 7) is 0. The summed E-state index contributed by atoms with van der Waals surface area (Å²) in [5.74, 6) is 0. The lowest BCUT2D eigenvalue weighted by Gasteiger charge is -2.12. The molecule has 0 saturated carbocycles. The van der Waals surface area contributed by atoms with Gasteiger partial charge in [-0.3, -0.25) is 0 Å². The minimum absolute atomic E-state index is 0.0751. The van der Waals surface area contributed by atoms with Gasteiger partial charge < -0.3 is 5.32 Å². The smallest absolute Gasteiger partial charge is 0.167 e. The fourth-order valence-electron chi connectivity index (χ4n) is 1.85. The van der Waals surface area contributed by atoms with Crippen molar-refractivity contribution < 1.29 is 0 Å². The van der Waals surface area contributed by atoms with E-state index >= 15 is 0 Å². The van der Waals surface area contributed by atoms with Crippen LogP contribution in [-0.2, 0) is 0 Å². The van der Waals surface area contributed by atoms with Gasteiger partial charge >= 0.3 is 0 Å². The highest BCUT2D eigenvalue weighted by molar-refractivity contribution is 7.15. The van der Waals surface area contributed by atoms with E-state index in [2.05, 4.69) is 32.6 Å². The molecule has 0 radical (unpaired) electrons. The molecule has 1 aromatic carbocycles. The number of nitrogens with zero attached hydrogens (tertiary/aromatic N) is 3. The maximum atomic E-state index is 4.29. The average molecular weight is 288 g/mol. The molecule has 2 heterocycles. The van der Waals surface area contributed by atoms with Crippen LogP contribution in [0.2, 0.25) is 0 Å². The molecule has 0 amide bonds. The second-order valence-electron chi connectivity index (χ2n) is 3.95. The third-order valence-corrected chi connectivity index (χ3v) is 4.36. The van der Waals surface area contributed by atoms with Gasteiger partial charge in [0, 0.05) is 5.38 Å². The highest BCUT2D eigenvalue weighted by Crippen LogP contribution is 2.29. The number of rotatable bonds is 4. The fourth-order valence-corrected chi connectivity index (χ4v) is 3.41. The zero-order chi connectivity index (χ0) is 13.1. The molecule has 1 N–H and O–H groups in total. The lowest BCUT2D eigenvalue weighted by Crippen LogP contribution is -2.17. The lowest BCUT2D eigenvalue weighted by molar-refractivity contribution is 0.678. The van der Waals surface area contributed by atoms with Gasteiger partial charge in [0.15, 0.2) is 5.01 Å². The van der Waals surface area contributed by atoms with Crippen molar-refractivity contribution in [2.75, 3.05) is 7.05 Å². The summed E-state index contributed by atoms with van der Waals surface area (Å²) in [7, 11) is 1.93. The first kappa shape index (κ1) is 12.4. The van der Waals surface area contributed by atoms with Crippen molar-refractivity contribution in [1.29, 1.82) is 0 Å². The van der Waals surface area contributed by atoms with Crippen LogP contribution in [0, 0.1) is 0 Å². The van der Waals surface area contributed by atoms with E-state index in [0.29, 0.717) is 0 Å². The number of nitrogens with one attached hydrogen (secondary N) is 1. The lowest BCUT2D eigenvalue weighted by atomic mass is 10.1. The third-order valence-electron chi connectivity index (χ3n) is 2.76. The molecule has 3 rings (SSSR count). The summed E-state index contributed by atoms with van der Waals surface area (Å²) in [6.07, 6.45) is 0. The second-order valence-corrected chi connectivity index (χ2v) is 5.68. The van der Waals surface area contributed by atoms with Crippen LogP contribution in [0.4, 0.5) is 0 Å². The summed E-state index contributed by atoms with van der Waals surface area (Å²) in [4.78, 5) is 4.26. The van der Waals surface area contributed by atoms with E-state index in [0.717, 1.165) is 15.7 Å². The van der Waals surface area contributed by atoms with Crippen LogP contribution < -0.4 is 5.32 Å². The largest absolute Gasteiger partial charge is 0.307 e. The van der Waals surface area contributed by atoms with Gasteiger partial charge in [-0.25, -0.2) is 4.98 Å². The van der Waals surface area contributed by atoms with Gasteiger partial charge in [-0.15, -0.1) is 21.5 Å². The fraction of sp³-hybridized carbons (Fsp3) is 0.154. The molecule has 1 unspecified atom stereocenters. The molecule has 6 heteroatoms. The van der Waals surface area contributed by atoms with Crippen LogP contribution in [0.1, 0.15) is 16.6 Å². The number of hydrogen-bond donors (Lipinski definition) is 1. The maximum absolute atomic E-state index is 4.29. The Morgan fingerprint density at radius 1 is 1.16 bits per heavy atom. The maximum Gasteiger partial charge on any atom is 0.167 e. The van der Waals surface area contributed by atoms with E-state index in [9.17, 15) is 0 Å². The van der Waals surface area contributed by atoms with E-state index in [1.165, 1.54) is 5.56 Å². The Bertz CT molecular complexity index is 634. The third kappa shape index (κ3) is 2.56. The predicted molar refractivity (Wildman–Crippen MR) is 78.4 cm³/mol. The van der Waals surface area contributed by atoms with Crippen molar-refractivity contribution in [3.05, 3.63) is 51.8 Å². The van der Waals surface area contributed by atoms with Crippen molar-refractivity contribution in [2.45, 2.75) is 6.04 Å². The summed E-state index contributed by atoms with van der Waals surface area (Å²) >= 11 is 3.14. The number of benzene rings is 1. The van der Waals surface area contributed by atoms with Crippen LogP contribution in [-0.4, -0.2) is 22.2 Å². The summed E-state index contributed by atoms with van der Waals surface area (Å²) < 4.78 is 0. The van der Waals surface area contributed by atoms with E-state index in [1.54, 1.807) is 22.7 Å². The molecule has 2 aromatic heterocycles. The normalized spacial score (nSPS) is 12.5. The highest BCUT2D eigenvalue weighted by atomic mass is 32.1. The monoisotopic (exact) mass is 288 g/mol. The first-order chi connectivity index (χ1) is 9.38. The van der Waals surface area contributed by atoms with Crippen molar-refractivity contribution in [3.63, 3.8) is 0 Å². The Morgan fingerprint density at radius 2 is 2.00 bits per heavy atom. The van der Waals surface area contributed by atoms with E-state index in [1.807, 2.05) is 36.1 Å². The molecular weight excluding hydrogens is 276 g/mol. The van der Waals surface area contributed by atoms with E-state index < -0.39 is 0 Å². The molecule has 0 saturated heterocycles. The van der Waals surface area contributed by atoms with Crippen molar-refractivity contribution in [3.8, 4) is 10.7 Å². The zero-order valence-electron chi connectivity index (χ0n) is 10.3. The van der Waals surface area contributed by atoms with Crippen LogP contribution in [0.15, 0.2) is 41.2 Å². The topological polar surface area (TPSA) is 50.7 Å². The Hall–Kier alpha value is -1.63. The standard InChI is InChI=1S/C13H12N4S2/c1-14-11(9-5-3-2-4-6-9)13-17-16-12(19-13)10-7-18-8-15-10/h2-8,11,14H,1H3. The molecule has 1 atom stereocenters. The molecule has 19 heavy (non-hydrogen) atoms. The quantitative estimate of drug-likeness (QED) is 0.802. The van der Waals surface area contributed by atoms with Crippen LogP contribution in [0.25, 0.3) is 10.7 Å². The Kier molecular flexibility index (Phi) is 3.63. The van der Waals surface area contributed by atoms with E-state index in [4.69, 9.17) is 0 Å². The number of hydrogen-bond acceptors (Lipinski definition) is 6. The average Bonchev–Trinajstić information content (AvgIpc) is 3.11. The predicted octanol–water partition coefficient (Wildman–Crippen LogP) is 2.97. The summed E-state index contributed by atoms with van der Waals surface area (Å²) in [5, 5.41) is 15.6. The number of aromatic nitrogens is 3. The summed E-state index contributed by atoms with van der Waals surface area (Å²) in [5.41, 5.74) is 3.89. The molecule has 96 valence electrons. The minimum atomic E-state index is 0.0751. The summed E-state index contributed by atoms with van der Waals surface area (Å²) in [6, 6.07) is 10.3.